The van der Waals surface area contributed by atoms with E-state index >= 15 is 0 Å². The van der Waals surface area contributed by atoms with Crippen LogP contribution >= 0.6 is 0 Å². The van der Waals surface area contributed by atoms with E-state index in [-0.39, 0.29) is 0 Å². The number of nitrogens with zero attached hydrogens (tertiary/aromatic N) is 10. The first-order valence-corrected chi connectivity index (χ1v) is 28.3. The van der Waals surface area contributed by atoms with Gasteiger partial charge in [-0.3, -0.25) is 0 Å². The van der Waals surface area contributed by atoms with Crippen molar-refractivity contribution in [1.82, 2.24) is 49.4 Å². The molecule has 11 nitrogen and oxygen atoms in total. The molecule has 0 aliphatic heterocycles. The third-order valence-electron chi connectivity index (χ3n) is 15.6. The zero-order valence-electron chi connectivity index (χ0n) is 45.9. The van der Waals surface area contributed by atoms with Crippen LogP contribution in [0.25, 0.3) is 163 Å². The molecule has 5 aromatic heterocycles. The Balaban J connectivity index is 0.986. The van der Waals surface area contributed by atoms with Gasteiger partial charge < -0.3 is 8.98 Å². The second-order valence-corrected chi connectivity index (χ2v) is 21.0. The number of hydrogen-bond donors (Lipinski definition) is 0. The summed E-state index contributed by atoms with van der Waals surface area (Å²) in [5.74, 6) is 4.90. The topological polar surface area (TPSA) is 134 Å². The molecule has 0 bridgehead atoms. The predicted octanol–water partition coefficient (Wildman–Crippen LogP) is 17.9. The van der Waals surface area contributed by atoms with E-state index in [4.69, 9.17) is 49.3 Å². The van der Waals surface area contributed by atoms with Crippen molar-refractivity contribution >= 4 is 43.7 Å². The minimum absolute atomic E-state index is 0.488. The molecule has 11 heteroatoms. The highest BCUT2D eigenvalue weighted by atomic mass is 16.3. The second kappa shape index (κ2) is 21.1. The molecule has 0 radical (unpaired) electrons. The molecule has 86 heavy (non-hydrogen) atoms. The van der Waals surface area contributed by atoms with Crippen molar-refractivity contribution in [3.63, 3.8) is 0 Å². The van der Waals surface area contributed by atoms with Crippen LogP contribution in [0.1, 0.15) is 0 Å². The molecule has 11 aromatic carbocycles. The number of para-hydroxylation sites is 1. The van der Waals surface area contributed by atoms with Crippen LogP contribution in [0.3, 0.4) is 0 Å². The lowest BCUT2D eigenvalue weighted by Gasteiger charge is -2.17. The highest BCUT2D eigenvalue weighted by Gasteiger charge is 2.24. The minimum atomic E-state index is 0.488. The average molecular weight is 1100 g/mol. The van der Waals surface area contributed by atoms with Crippen molar-refractivity contribution in [2.45, 2.75) is 0 Å². The zero-order chi connectivity index (χ0) is 56.9. The van der Waals surface area contributed by atoms with Crippen LogP contribution in [0.5, 0.6) is 0 Å². The summed E-state index contributed by atoms with van der Waals surface area (Å²) in [6.45, 7) is 0. The number of furan rings is 1. The van der Waals surface area contributed by atoms with Gasteiger partial charge in [-0.1, -0.05) is 237 Å². The maximum Gasteiger partial charge on any atom is 0.166 e. The molecule has 16 rings (SSSR count). The van der Waals surface area contributed by atoms with E-state index in [1.54, 1.807) is 0 Å². The van der Waals surface area contributed by atoms with Gasteiger partial charge in [0.2, 0.25) is 0 Å². The highest BCUT2D eigenvalue weighted by molar-refractivity contribution is 6.12. The molecule has 5 heterocycles. The van der Waals surface area contributed by atoms with Gasteiger partial charge in [-0.2, -0.15) is 0 Å². The first-order chi connectivity index (χ1) is 42.6. The first-order valence-electron chi connectivity index (χ1n) is 28.3. The molecule has 0 amide bonds. The van der Waals surface area contributed by atoms with E-state index in [0.29, 0.717) is 52.4 Å². The van der Waals surface area contributed by atoms with Crippen LogP contribution in [0.15, 0.2) is 283 Å². The van der Waals surface area contributed by atoms with E-state index < -0.39 is 0 Å². The second-order valence-electron chi connectivity index (χ2n) is 21.0. The fourth-order valence-corrected chi connectivity index (χ4v) is 11.4. The molecule has 402 valence electrons. The van der Waals surface area contributed by atoms with Gasteiger partial charge in [0, 0.05) is 71.6 Å². The monoisotopic (exact) mass is 1100 g/mol. The van der Waals surface area contributed by atoms with Crippen molar-refractivity contribution < 1.29 is 4.42 Å². The summed E-state index contributed by atoms with van der Waals surface area (Å²) in [7, 11) is 0. The van der Waals surface area contributed by atoms with Crippen LogP contribution in [0, 0.1) is 0 Å². The maximum absolute atomic E-state index is 6.34. The number of aromatic nitrogens is 10. The molecule has 0 saturated heterocycles. The van der Waals surface area contributed by atoms with E-state index in [1.165, 1.54) is 0 Å². The Kier molecular flexibility index (Phi) is 12.2. The molecule has 0 N–H and O–H groups in total. The maximum atomic E-state index is 6.34. The van der Waals surface area contributed by atoms with Gasteiger partial charge >= 0.3 is 0 Å². The molecule has 0 aliphatic carbocycles. The molecule has 16 aromatic rings. The van der Waals surface area contributed by atoms with Gasteiger partial charge in [-0.25, -0.2) is 44.9 Å². The summed E-state index contributed by atoms with van der Waals surface area (Å²) in [4.78, 5) is 47.0. The largest absolute Gasteiger partial charge is 0.456 e. The Bertz CT molecular complexity index is 4860. The summed E-state index contributed by atoms with van der Waals surface area (Å²) >= 11 is 0. The summed E-state index contributed by atoms with van der Waals surface area (Å²) < 4.78 is 8.65. The Labute approximate surface area is 493 Å². The van der Waals surface area contributed by atoms with Crippen LogP contribution in [-0.4, -0.2) is 49.4 Å². The van der Waals surface area contributed by atoms with Gasteiger partial charge in [0.15, 0.2) is 52.4 Å². The van der Waals surface area contributed by atoms with Crippen LogP contribution in [0.4, 0.5) is 0 Å². The fraction of sp³-hybridized carbons (Fsp3) is 0. The molecular weight excluding hydrogens is 1060 g/mol. The highest BCUT2D eigenvalue weighted by Crippen LogP contribution is 2.42. The quantitative estimate of drug-likeness (QED) is 0.123. The van der Waals surface area contributed by atoms with Crippen molar-refractivity contribution in [2.24, 2.45) is 0 Å². The van der Waals surface area contributed by atoms with Gasteiger partial charge in [0.05, 0.1) is 16.7 Å². The third kappa shape index (κ3) is 9.18. The standard InChI is InChI=1S/C75H46N10O/c1-7-21-47(22-8-1)67-76-68(48-23-9-2-10-24-48)80-73(79-67)55-35-39-57-58-40-36-56(74-81-69(49-25-11-3-12-26-49)77-70(82-74)50-27-13-4-14-28-50)46-64(58)85(63(57)45-55)62-41-37-53(54-38-42-66-60(43-54)59-33-19-20-34-65(59)86-66)44-61(62)75-83-71(51-29-15-5-16-30-51)78-72(84-75)52-31-17-6-18-32-52/h1-46H. The predicted molar refractivity (Wildman–Crippen MR) is 343 cm³/mol. The number of fused-ring (bicyclic) bond motifs is 6. The Morgan fingerprint density at radius 2 is 0.523 bits per heavy atom. The smallest absolute Gasteiger partial charge is 0.166 e. The Morgan fingerprint density at radius 1 is 0.209 bits per heavy atom. The van der Waals surface area contributed by atoms with Crippen molar-refractivity contribution in [2.75, 3.05) is 0 Å². The number of rotatable bonds is 11. The lowest BCUT2D eigenvalue weighted by molar-refractivity contribution is 0.669. The Morgan fingerprint density at radius 3 is 0.930 bits per heavy atom. The number of hydrogen-bond acceptors (Lipinski definition) is 10. The van der Waals surface area contributed by atoms with Crippen molar-refractivity contribution in [3.8, 4) is 119 Å². The summed E-state index contributed by atoms with van der Waals surface area (Å²) in [6.07, 6.45) is 0. The fourth-order valence-electron chi connectivity index (χ4n) is 11.4. The molecule has 0 aliphatic rings. The van der Waals surface area contributed by atoms with E-state index in [0.717, 1.165) is 111 Å². The normalized spacial score (nSPS) is 11.5. The summed E-state index contributed by atoms with van der Waals surface area (Å²) in [5, 5.41) is 4.07. The van der Waals surface area contributed by atoms with Gasteiger partial charge in [-0.15, -0.1) is 0 Å². The zero-order valence-corrected chi connectivity index (χ0v) is 45.9. The summed E-state index contributed by atoms with van der Waals surface area (Å²) in [6, 6.07) is 94.4. The molecule has 0 spiro atoms. The average Bonchev–Trinajstić information content (AvgIpc) is 1.79. The molecular formula is C75H46N10O. The van der Waals surface area contributed by atoms with Crippen LogP contribution in [0.2, 0.25) is 0 Å². The first kappa shape index (κ1) is 49.8. The SMILES string of the molecule is c1ccc(-c2nc(-c3ccccc3)nc(-c3ccc4c5ccc(-c6nc(-c7ccccc7)nc(-c7ccccc7)n6)cc5n(-c5ccc(-c6ccc7oc8ccccc8c7c6)cc5-c5nc(-c6ccccc6)nc(-c6ccccc6)n5)c4c3)n2)cc1. The van der Waals surface area contributed by atoms with E-state index in [2.05, 4.69) is 83.4 Å². The number of benzene rings is 11. The third-order valence-corrected chi connectivity index (χ3v) is 15.6. The van der Waals surface area contributed by atoms with Crippen LogP contribution in [-0.2, 0) is 0 Å². The van der Waals surface area contributed by atoms with E-state index in [9.17, 15) is 0 Å². The molecule has 0 unspecified atom stereocenters. The molecule has 0 saturated carbocycles. The van der Waals surface area contributed by atoms with Gasteiger partial charge in [0.1, 0.15) is 11.2 Å². The van der Waals surface area contributed by atoms with Crippen molar-refractivity contribution in [3.05, 3.63) is 279 Å². The molecule has 0 fully saturated rings. The lowest BCUT2D eigenvalue weighted by atomic mass is 9.99. The molecule has 0 atom stereocenters. The Hall–Kier alpha value is -12.0. The van der Waals surface area contributed by atoms with Gasteiger partial charge in [-0.05, 0) is 53.6 Å². The van der Waals surface area contributed by atoms with Crippen LogP contribution < -0.4 is 0 Å². The van der Waals surface area contributed by atoms with E-state index in [1.807, 2.05) is 200 Å². The lowest BCUT2D eigenvalue weighted by Crippen LogP contribution is -2.04. The summed E-state index contributed by atoms with van der Waals surface area (Å²) in [5.41, 5.74) is 13.8. The van der Waals surface area contributed by atoms with Gasteiger partial charge in [0.25, 0.3) is 0 Å². The van der Waals surface area contributed by atoms with Crippen molar-refractivity contribution in [1.29, 1.82) is 0 Å². The minimum Gasteiger partial charge on any atom is -0.456 e.